The van der Waals surface area contributed by atoms with Gasteiger partial charge >= 0.3 is 0 Å². The van der Waals surface area contributed by atoms with Gasteiger partial charge in [0.25, 0.3) is 5.79 Å². The van der Waals surface area contributed by atoms with Crippen LogP contribution >= 0.6 is 0 Å². The number of anilines is 1. The van der Waals surface area contributed by atoms with Gasteiger partial charge in [0, 0.05) is 20.0 Å². The lowest BCUT2D eigenvalue weighted by Crippen LogP contribution is -2.36. The van der Waals surface area contributed by atoms with Crippen LogP contribution in [0.15, 0.2) is 36.4 Å². The highest BCUT2D eigenvalue weighted by Crippen LogP contribution is 2.60. The maximum absolute atomic E-state index is 14.6. The third-order valence-corrected chi connectivity index (χ3v) is 6.84. The van der Waals surface area contributed by atoms with Gasteiger partial charge in [-0.2, -0.15) is 5.26 Å². The second-order valence-electron chi connectivity index (χ2n) is 8.52. The first kappa shape index (κ1) is 17.4. The molecule has 0 N–H and O–H groups in total. The molecule has 0 bridgehead atoms. The zero-order valence-electron chi connectivity index (χ0n) is 16.2. The third-order valence-electron chi connectivity index (χ3n) is 6.84. The maximum Gasteiger partial charge on any atom is 0.278 e. The normalized spacial score (nSPS) is 26.9. The average molecular weight is 378 g/mol. The molecular weight excluding hydrogens is 355 g/mol. The minimum absolute atomic E-state index is 0.276. The minimum atomic E-state index is -1.25. The lowest BCUT2D eigenvalue weighted by atomic mass is 9.91. The molecule has 2 heterocycles. The summed E-state index contributed by atoms with van der Waals surface area (Å²) in [4.78, 5) is 2.36. The van der Waals surface area contributed by atoms with Gasteiger partial charge in [0.1, 0.15) is 5.82 Å². The number of hydrogen-bond donors (Lipinski definition) is 0. The molecule has 3 aliphatic rings. The molecule has 2 fully saturated rings. The number of benzene rings is 2. The monoisotopic (exact) mass is 378 g/mol. The fraction of sp³-hybridized carbons (Fsp3) is 0.435. The van der Waals surface area contributed by atoms with E-state index in [2.05, 4.69) is 17.9 Å². The molecule has 2 aliphatic heterocycles. The van der Waals surface area contributed by atoms with E-state index in [1.807, 2.05) is 18.2 Å². The largest absolute Gasteiger partial charge is 0.444 e. The number of nitrogens with zero attached hydrogens (tertiary/aromatic N) is 2. The van der Waals surface area contributed by atoms with Gasteiger partial charge in [0.2, 0.25) is 0 Å². The molecule has 28 heavy (non-hydrogen) atoms. The Balaban J connectivity index is 1.43. The molecular formula is C23H23FN2O2. The first-order valence-electron chi connectivity index (χ1n) is 9.90. The molecule has 1 spiro atoms. The number of nitriles is 1. The average Bonchev–Trinajstić information content (AvgIpc) is 3.15. The molecule has 1 saturated heterocycles. The van der Waals surface area contributed by atoms with Crippen molar-refractivity contribution in [3.8, 4) is 17.6 Å². The van der Waals surface area contributed by atoms with Crippen molar-refractivity contribution in [3.05, 3.63) is 53.3 Å². The third kappa shape index (κ3) is 2.55. The van der Waals surface area contributed by atoms with Crippen molar-refractivity contribution >= 4 is 5.69 Å². The maximum atomic E-state index is 14.6. The van der Waals surface area contributed by atoms with Gasteiger partial charge in [-0.15, -0.1) is 0 Å². The number of hydrogen-bond acceptors (Lipinski definition) is 4. The number of para-hydroxylation sites is 1. The van der Waals surface area contributed by atoms with Crippen LogP contribution in [0.1, 0.15) is 44.2 Å². The molecule has 2 atom stereocenters. The smallest absolute Gasteiger partial charge is 0.278 e. The van der Waals surface area contributed by atoms with Crippen LogP contribution in [0.4, 0.5) is 10.1 Å². The molecule has 5 rings (SSSR count). The van der Waals surface area contributed by atoms with Gasteiger partial charge in [0.15, 0.2) is 11.5 Å². The van der Waals surface area contributed by atoms with Gasteiger partial charge in [-0.3, -0.25) is 0 Å². The molecule has 2 unspecified atom stereocenters. The summed E-state index contributed by atoms with van der Waals surface area (Å²) in [6.07, 6.45) is 3.77. The van der Waals surface area contributed by atoms with Crippen molar-refractivity contribution in [2.24, 2.45) is 11.3 Å². The van der Waals surface area contributed by atoms with Crippen LogP contribution < -0.4 is 14.4 Å². The summed E-state index contributed by atoms with van der Waals surface area (Å²) in [5.74, 6) is 0.396. The second kappa shape index (κ2) is 5.88. The van der Waals surface area contributed by atoms with E-state index >= 15 is 0 Å². The summed E-state index contributed by atoms with van der Waals surface area (Å²) < 4.78 is 26.9. The number of ether oxygens (including phenoxy) is 2. The quantitative estimate of drug-likeness (QED) is 0.740. The SMILES string of the molecule is CC1CC12CCN(c1cccc3c1OC(C)(c1ccc(C#N)cc1F)O3)CC2. The van der Waals surface area contributed by atoms with Crippen LogP contribution in [0.25, 0.3) is 0 Å². The topological polar surface area (TPSA) is 45.5 Å². The Labute approximate surface area is 164 Å². The van der Waals surface area contributed by atoms with E-state index in [-0.39, 0.29) is 11.1 Å². The highest BCUT2D eigenvalue weighted by atomic mass is 19.1. The van der Waals surface area contributed by atoms with Gasteiger partial charge in [-0.25, -0.2) is 4.39 Å². The standard InChI is InChI=1S/C23H23FN2O2/c1-15-13-23(15)8-10-26(11-9-23)19-4-3-5-20-21(19)28-22(2,27-20)17-7-6-16(14-25)12-18(17)24/h3-7,12,15H,8-11,13H2,1-2H3. The summed E-state index contributed by atoms with van der Waals surface area (Å²) in [5, 5.41) is 8.98. The minimum Gasteiger partial charge on any atom is -0.444 e. The Kier molecular flexibility index (Phi) is 3.64. The van der Waals surface area contributed by atoms with Gasteiger partial charge in [-0.05, 0) is 60.9 Å². The number of rotatable bonds is 2. The van der Waals surface area contributed by atoms with Crippen LogP contribution in [0.5, 0.6) is 11.5 Å². The first-order valence-corrected chi connectivity index (χ1v) is 9.90. The summed E-state index contributed by atoms with van der Waals surface area (Å²) in [7, 11) is 0. The molecule has 2 aromatic rings. The second-order valence-corrected chi connectivity index (χ2v) is 8.52. The van der Waals surface area contributed by atoms with Crippen LogP contribution in [-0.4, -0.2) is 13.1 Å². The Morgan fingerprint density at radius 3 is 2.57 bits per heavy atom. The summed E-state index contributed by atoms with van der Waals surface area (Å²) in [5.41, 5.74) is 2.14. The summed E-state index contributed by atoms with van der Waals surface area (Å²) in [6, 6.07) is 12.2. The number of fused-ring (bicyclic) bond motifs is 1. The van der Waals surface area contributed by atoms with Crippen LogP contribution in [0, 0.1) is 28.5 Å². The predicted octanol–water partition coefficient (Wildman–Crippen LogP) is 4.97. The van der Waals surface area contributed by atoms with Crippen LogP contribution in [0.3, 0.4) is 0 Å². The molecule has 5 heteroatoms. The Morgan fingerprint density at radius 1 is 1.18 bits per heavy atom. The van der Waals surface area contributed by atoms with Crippen LogP contribution in [0.2, 0.25) is 0 Å². The molecule has 0 radical (unpaired) electrons. The molecule has 1 saturated carbocycles. The van der Waals surface area contributed by atoms with E-state index in [0.29, 0.717) is 16.9 Å². The highest BCUT2D eigenvalue weighted by Gasteiger charge is 2.52. The molecule has 4 nitrogen and oxygen atoms in total. The van der Waals surface area contributed by atoms with E-state index in [0.717, 1.165) is 24.7 Å². The van der Waals surface area contributed by atoms with E-state index < -0.39 is 11.6 Å². The zero-order chi connectivity index (χ0) is 19.5. The number of piperidine rings is 1. The van der Waals surface area contributed by atoms with Crippen molar-refractivity contribution in [2.45, 2.75) is 38.9 Å². The van der Waals surface area contributed by atoms with Crippen molar-refractivity contribution in [2.75, 3.05) is 18.0 Å². The fourth-order valence-corrected chi connectivity index (χ4v) is 4.87. The molecule has 2 aromatic carbocycles. The van der Waals surface area contributed by atoms with E-state index in [1.54, 1.807) is 19.1 Å². The van der Waals surface area contributed by atoms with Crippen molar-refractivity contribution in [1.82, 2.24) is 0 Å². The molecule has 0 amide bonds. The predicted molar refractivity (Wildman–Crippen MR) is 104 cm³/mol. The van der Waals surface area contributed by atoms with Gasteiger partial charge in [-0.1, -0.05) is 13.0 Å². The Morgan fingerprint density at radius 2 is 1.93 bits per heavy atom. The Hall–Kier alpha value is -2.74. The van der Waals surface area contributed by atoms with Crippen LogP contribution in [-0.2, 0) is 5.79 Å². The van der Waals surface area contributed by atoms with Crippen molar-refractivity contribution in [1.29, 1.82) is 5.26 Å². The molecule has 0 aromatic heterocycles. The Bertz CT molecular complexity index is 991. The summed E-state index contributed by atoms with van der Waals surface area (Å²) in [6.45, 7) is 6.08. The summed E-state index contributed by atoms with van der Waals surface area (Å²) >= 11 is 0. The first-order chi connectivity index (χ1) is 13.4. The van der Waals surface area contributed by atoms with E-state index in [4.69, 9.17) is 14.7 Å². The lowest BCUT2D eigenvalue weighted by Gasteiger charge is -2.35. The zero-order valence-corrected chi connectivity index (χ0v) is 16.2. The molecule has 1 aliphatic carbocycles. The van der Waals surface area contributed by atoms with Crippen molar-refractivity contribution < 1.29 is 13.9 Å². The number of halogens is 1. The van der Waals surface area contributed by atoms with Gasteiger partial charge < -0.3 is 14.4 Å². The highest BCUT2D eigenvalue weighted by molar-refractivity contribution is 5.67. The van der Waals surface area contributed by atoms with E-state index in [9.17, 15) is 4.39 Å². The lowest BCUT2D eigenvalue weighted by molar-refractivity contribution is -0.0705. The van der Waals surface area contributed by atoms with Gasteiger partial charge in [0.05, 0.1) is 22.9 Å². The van der Waals surface area contributed by atoms with Crippen molar-refractivity contribution in [3.63, 3.8) is 0 Å². The van der Waals surface area contributed by atoms with E-state index in [1.165, 1.54) is 25.3 Å². The fourth-order valence-electron chi connectivity index (χ4n) is 4.87. The molecule has 144 valence electrons.